The van der Waals surface area contributed by atoms with E-state index in [1.165, 1.54) is 11.3 Å². The van der Waals surface area contributed by atoms with Crippen molar-refractivity contribution in [2.75, 3.05) is 0 Å². The van der Waals surface area contributed by atoms with E-state index in [4.69, 9.17) is 4.52 Å². The van der Waals surface area contributed by atoms with Gasteiger partial charge < -0.3 is 9.84 Å². The minimum atomic E-state index is -0.331. The summed E-state index contributed by atoms with van der Waals surface area (Å²) in [5.41, 5.74) is 1.65. The molecule has 124 valence electrons. The molecule has 0 radical (unpaired) electrons. The van der Waals surface area contributed by atoms with Gasteiger partial charge in [-0.3, -0.25) is 9.78 Å². The van der Waals surface area contributed by atoms with Crippen LogP contribution in [0.1, 0.15) is 16.2 Å². The molecule has 0 bridgehead atoms. The largest absolute Gasteiger partial charge is 0.355 e. The van der Waals surface area contributed by atoms with Crippen LogP contribution in [0.2, 0.25) is 0 Å². The van der Waals surface area contributed by atoms with Crippen LogP contribution in [0.15, 0.2) is 58.8 Å². The van der Waals surface area contributed by atoms with Gasteiger partial charge in [-0.25, -0.2) is 4.68 Å². The minimum absolute atomic E-state index is 0.225. The van der Waals surface area contributed by atoms with E-state index in [-0.39, 0.29) is 18.1 Å². The third-order valence-electron chi connectivity index (χ3n) is 3.39. The number of carbonyl (C=O) groups is 1. The first kappa shape index (κ1) is 15.2. The zero-order valence-electron chi connectivity index (χ0n) is 12.9. The van der Waals surface area contributed by atoms with Gasteiger partial charge in [0.05, 0.1) is 29.5 Å². The standard InChI is InChI=1S/C16H12N6O2S/c23-16(13-7-14(24-20-13)15-4-2-6-25-15)18-8-11-10-22(21-19-11)12-3-1-5-17-9-12/h1-7,9-10H,8H2,(H,18,23). The summed E-state index contributed by atoms with van der Waals surface area (Å²) in [7, 11) is 0. The summed E-state index contributed by atoms with van der Waals surface area (Å²) in [5, 5.41) is 16.5. The maximum atomic E-state index is 12.2. The molecule has 0 aliphatic rings. The zero-order valence-corrected chi connectivity index (χ0v) is 13.7. The second-order valence-electron chi connectivity index (χ2n) is 5.10. The van der Waals surface area contributed by atoms with Crippen LogP contribution < -0.4 is 5.32 Å². The van der Waals surface area contributed by atoms with E-state index >= 15 is 0 Å². The van der Waals surface area contributed by atoms with E-state index in [0.29, 0.717) is 11.5 Å². The normalized spacial score (nSPS) is 10.7. The number of carbonyl (C=O) groups excluding carboxylic acids is 1. The molecular formula is C16H12N6O2S. The molecule has 25 heavy (non-hydrogen) atoms. The Morgan fingerprint density at radius 2 is 2.28 bits per heavy atom. The first-order valence-corrected chi connectivity index (χ1v) is 8.28. The summed E-state index contributed by atoms with van der Waals surface area (Å²) >= 11 is 1.52. The van der Waals surface area contributed by atoms with E-state index in [9.17, 15) is 4.79 Å². The maximum Gasteiger partial charge on any atom is 0.273 e. The number of nitrogens with zero attached hydrogens (tertiary/aromatic N) is 5. The molecule has 4 rings (SSSR count). The van der Waals surface area contributed by atoms with Gasteiger partial charge in [-0.05, 0) is 23.6 Å². The Bertz CT molecular complexity index is 977. The third-order valence-corrected chi connectivity index (χ3v) is 4.27. The fourth-order valence-electron chi connectivity index (χ4n) is 2.17. The van der Waals surface area contributed by atoms with Crippen molar-refractivity contribution in [1.82, 2.24) is 30.5 Å². The van der Waals surface area contributed by atoms with Crippen molar-refractivity contribution in [2.45, 2.75) is 6.54 Å². The van der Waals surface area contributed by atoms with Crippen molar-refractivity contribution in [3.8, 4) is 16.3 Å². The van der Waals surface area contributed by atoms with E-state index in [0.717, 1.165) is 10.6 Å². The van der Waals surface area contributed by atoms with Crippen LogP contribution in [0, 0.1) is 0 Å². The molecule has 8 nitrogen and oxygen atoms in total. The molecule has 9 heteroatoms. The Balaban J connectivity index is 1.40. The molecule has 0 aromatic carbocycles. The maximum absolute atomic E-state index is 12.2. The fourth-order valence-corrected chi connectivity index (χ4v) is 2.85. The quantitative estimate of drug-likeness (QED) is 0.592. The molecule has 1 N–H and O–H groups in total. The van der Waals surface area contributed by atoms with Gasteiger partial charge in [-0.15, -0.1) is 16.4 Å². The number of hydrogen-bond donors (Lipinski definition) is 1. The Hall–Kier alpha value is -3.33. The van der Waals surface area contributed by atoms with Gasteiger partial charge in [0.15, 0.2) is 11.5 Å². The fraction of sp³-hybridized carbons (Fsp3) is 0.0625. The highest BCUT2D eigenvalue weighted by Crippen LogP contribution is 2.25. The first-order valence-electron chi connectivity index (χ1n) is 7.40. The Morgan fingerprint density at radius 1 is 1.32 bits per heavy atom. The molecule has 0 atom stereocenters. The van der Waals surface area contributed by atoms with Crippen molar-refractivity contribution in [1.29, 1.82) is 0 Å². The third kappa shape index (κ3) is 3.31. The average Bonchev–Trinajstić information content (AvgIpc) is 3.41. The van der Waals surface area contributed by atoms with Crippen LogP contribution in [0.4, 0.5) is 0 Å². The van der Waals surface area contributed by atoms with E-state index in [2.05, 4.69) is 25.8 Å². The molecule has 0 spiro atoms. The Morgan fingerprint density at radius 3 is 3.08 bits per heavy atom. The van der Waals surface area contributed by atoms with E-state index < -0.39 is 0 Å². The molecule has 0 unspecified atom stereocenters. The summed E-state index contributed by atoms with van der Waals surface area (Å²) in [4.78, 5) is 17.1. The number of thiophene rings is 1. The molecule has 4 aromatic rings. The lowest BCUT2D eigenvalue weighted by Crippen LogP contribution is -2.23. The van der Waals surface area contributed by atoms with Crippen molar-refractivity contribution in [3.05, 3.63) is 65.7 Å². The van der Waals surface area contributed by atoms with Crippen LogP contribution in [0.25, 0.3) is 16.3 Å². The highest BCUT2D eigenvalue weighted by atomic mass is 32.1. The zero-order chi connectivity index (χ0) is 17.1. The monoisotopic (exact) mass is 352 g/mol. The van der Waals surface area contributed by atoms with Gasteiger partial charge >= 0.3 is 0 Å². The highest BCUT2D eigenvalue weighted by molar-refractivity contribution is 7.13. The van der Waals surface area contributed by atoms with Crippen LogP contribution >= 0.6 is 11.3 Å². The van der Waals surface area contributed by atoms with Crippen LogP contribution in [-0.2, 0) is 6.54 Å². The predicted octanol–water partition coefficient (Wildman–Crippen LogP) is 2.31. The lowest BCUT2D eigenvalue weighted by molar-refractivity contribution is 0.0941. The summed E-state index contributed by atoms with van der Waals surface area (Å²) in [6, 6.07) is 9.12. The number of aromatic nitrogens is 5. The summed E-state index contributed by atoms with van der Waals surface area (Å²) in [5.74, 6) is 0.241. The lowest BCUT2D eigenvalue weighted by Gasteiger charge is -1.99. The second kappa shape index (κ2) is 6.65. The van der Waals surface area contributed by atoms with Crippen LogP contribution in [-0.4, -0.2) is 31.0 Å². The SMILES string of the molecule is O=C(NCc1cn(-c2cccnc2)nn1)c1cc(-c2cccs2)on1. The summed E-state index contributed by atoms with van der Waals surface area (Å²) in [6.45, 7) is 0.236. The predicted molar refractivity (Wildman–Crippen MR) is 90.1 cm³/mol. The van der Waals surface area contributed by atoms with Gasteiger partial charge in [0.2, 0.25) is 0 Å². The number of pyridine rings is 1. The van der Waals surface area contributed by atoms with Gasteiger partial charge in [0, 0.05) is 12.3 Å². The smallest absolute Gasteiger partial charge is 0.273 e. The molecule has 1 amide bonds. The Kier molecular flexibility index (Phi) is 4.05. The van der Waals surface area contributed by atoms with Gasteiger partial charge in [-0.2, -0.15) is 0 Å². The summed E-state index contributed by atoms with van der Waals surface area (Å²) in [6.07, 6.45) is 5.10. The molecule has 4 aromatic heterocycles. The number of rotatable bonds is 5. The Labute approximate surface area is 146 Å². The van der Waals surface area contributed by atoms with Crippen molar-refractivity contribution in [3.63, 3.8) is 0 Å². The number of amides is 1. The van der Waals surface area contributed by atoms with Gasteiger partial charge in [-0.1, -0.05) is 16.4 Å². The molecule has 0 saturated carbocycles. The van der Waals surface area contributed by atoms with Gasteiger partial charge in [0.25, 0.3) is 5.91 Å². The molecule has 0 saturated heterocycles. The minimum Gasteiger partial charge on any atom is -0.355 e. The molecule has 0 fully saturated rings. The molecule has 4 heterocycles. The second-order valence-corrected chi connectivity index (χ2v) is 6.05. The lowest BCUT2D eigenvalue weighted by atomic mass is 10.3. The topological polar surface area (TPSA) is 98.7 Å². The van der Waals surface area contributed by atoms with E-state index in [1.54, 1.807) is 29.3 Å². The first-order chi connectivity index (χ1) is 12.3. The highest BCUT2D eigenvalue weighted by Gasteiger charge is 2.14. The molecule has 0 aliphatic carbocycles. The van der Waals surface area contributed by atoms with Crippen LogP contribution in [0.3, 0.4) is 0 Å². The summed E-state index contributed by atoms with van der Waals surface area (Å²) < 4.78 is 6.80. The number of hydrogen-bond acceptors (Lipinski definition) is 7. The molecule has 0 aliphatic heterocycles. The van der Waals surface area contributed by atoms with Crippen molar-refractivity contribution in [2.24, 2.45) is 0 Å². The van der Waals surface area contributed by atoms with Gasteiger partial charge in [0.1, 0.15) is 5.69 Å². The average molecular weight is 352 g/mol. The number of nitrogens with one attached hydrogen (secondary N) is 1. The van der Waals surface area contributed by atoms with Crippen molar-refractivity contribution >= 4 is 17.2 Å². The van der Waals surface area contributed by atoms with E-state index in [1.807, 2.05) is 29.6 Å². The van der Waals surface area contributed by atoms with Crippen LogP contribution in [0.5, 0.6) is 0 Å². The van der Waals surface area contributed by atoms with Crippen molar-refractivity contribution < 1.29 is 9.32 Å². The molecular weight excluding hydrogens is 340 g/mol.